The molecule has 1 aliphatic carbocycles. The topological polar surface area (TPSA) is 116 Å². The fraction of sp³-hybridized carbons (Fsp3) is 0.500. The van der Waals surface area contributed by atoms with E-state index in [-0.39, 0.29) is 49.3 Å². The largest absolute Gasteiger partial charge is 0.493 e. The molecule has 34 heavy (non-hydrogen) atoms. The lowest BCUT2D eigenvalue weighted by Gasteiger charge is -2.32. The second-order valence-corrected chi connectivity index (χ2v) is 8.85. The Hall–Kier alpha value is -3.14. The lowest BCUT2D eigenvalue weighted by Crippen LogP contribution is -2.53. The fourth-order valence-corrected chi connectivity index (χ4v) is 4.49. The maximum atomic E-state index is 12.8. The van der Waals surface area contributed by atoms with Crippen LogP contribution in [0.1, 0.15) is 60.9 Å². The maximum Gasteiger partial charge on any atom is 0.306 e. The van der Waals surface area contributed by atoms with E-state index in [1.165, 1.54) is 11.3 Å². The molecule has 0 bridgehead atoms. The molecule has 9 nitrogen and oxygen atoms in total. The summed E-state index contributed by atoms with van der Waals surface area (Å²) in [5.74, 6) is 0.348. The van der Waals surface area contributed by atoms with Gasteiger partial charge >= 0.3 is 5.97 Å². The molecule has 0 spiro atoms. The molecule has 1 aliphatic rings. The summed E-state index contributed by atoms with van der Waals surface area (Å²) in [4.78, 5) is 41.0. The Bertz CT molecular complexity index is 979. The van der Waals surface area contributed by atoms with Gasteiger partial charge in [-0.05, 0) is 31.9 Å². The normalized spacial score (nSPS) is 17.5. The summed E-state index contributed by atoms with van der Waals surface area (Å²) in [5, 5.41) is 8.36. The first-order valence-corrected chi connectivity index (χ1v) is 12.3. The van der Waals surface area contributed by atoms with Crippen molar-refractivity contribution >= 4 is 29.1 Å². The Morgan fingerprint density at radius 3 is 2.47 bits per heavy atom. The Labute approximate surface area is 203 Å². The monoisotopic (exact) mass is 489 g/mol. The molecule has 2 amide bonds. The minimum Gasteiger partial charge on any atom is -0.493 e. The molecular weight excluding hydrogens is 458 g/mol. The van der Waals surface area contributed by atoms with E-state index in [0.717, 1.165) is 25.7 Å². The second-order valence-electron chi connectivity index (χ2n) is 7.91. The fourth-order valence-electron chi connectivity index (χ4n) is 3.81. The van der Waals surface area contributed by atoms with Crippen LogP contribution in [0.4, 0.5) is 0 Å². The van der Waals surface area contributed by atoms with E-state index in [2.05, 4.69) is 15.6 Å². The molecule has 1 saturated carbocycles. The average Bonchev–Trinajstić information content (AvgIpc) is 3.32. The molecule has 1 aromatic heterocycles. The van der Waals surface area contributed by atoms with Crippen molar-refractivity contribution in [3.8, 4) is 11.5 Å². The van der Waals surface area contributed by atoms with Crippen molar-refractivity contribution in [3.05, 3.63) is 40.3 Å². The summed E-state index contributed by atoms with van der Waals surface area (Å²) in [6, 6.07) is 6.96. The van der Waals surface area contributed by atoms with Gasteiger partial charge < -0.3 is 24.8 Å². The Balaban J connectivity index is 1.51. The highest BCUT2D eigenvalue weighted by atomic mass is 32.1. The highest BCUT2D eigenvalue weighted by molar-refractivity contribution is 7.09. The minimum atomic E-state index is -0.389. The molecule has 184 valence electrons. The minimum absolute atomic E-state index is 0.0436. The number of para-hydroxylation sites is 2. The third kappa shape index (κ3) is 7.44. The van der Waals surface area contributed by atoms with E-state index in [1.807, 2.05) is 24.3 Å². The second kappa shape index (κ2) is 12.9. The molecular formula is C24H31N3O6S. The number of carbonyl (C=O) groups excluding carboxylic acids is 3. The van der Waals surface area contributed by atoms with Crippen LogP contribution in [-0.2, 0) is 20.9 Å². The summed E-state index contributed by atoms with van der Waals surface area (Å²) in [6.07, 6.45) is 3.58. The summed E-state index contributed by atoms with van der Waals surface area (Å²) < 4.78 is 15.9. The van der Waals surface area contributed by atoms with E-state index < -0.39 is 0 Å². The van der Waals surface area contributed by atoms with E-state index in [1.54, 1.807) is 19.4 Å². The smallest absolute Gasteiger partial charge is 0.306 e. The van der Waals surface area contributed by atoms with Crippen LogP contribution in [0.25, 0.3) is 0 Å². The molecule has 1 heterocycles. The van der Waals surface area contributed by atoms with E-state index in [0.29, 0.717) is 28.8 Å². The third-order valence-corrected chi connectivity index (χ3v) is 6.32. The van der Waals surface area contributed by atoms with Gasteiger partial charge in [0.1, 0.15) is 17.3 Å². The highest BCUT2D eigenvalue weighted by Gasteiger charge is 2.28. The Morgan fingerprint density at radius 1 is 1.06 bits per heavy atom. The maximum absolute atomic E-state index is 12.8. The zero-order valence-electron chi connectivity index (χ0n) is 19.5. The van der Waals surface area contributed by atoms with Gasteiger partial charge in [-0.3, -0.25) is 14.4 Å². The number of benzene rings is 1. The number of nitrogens with one attached hydrogen (secondary N) is 2. The molecule has 1 fully saturated rings. The van der Waals surface area contributed by atoms with Crippen LogP contribution in [0.5, 0.6) is 11.5 Å². The zero-order valence-corrected chi connectivity index (χ0v) is 20.3. The van der Waals surface area contributed by atoms with E-state index >= 15 is 0 Å². The molecule has 2 aromatic rings. The van der Waals surface area contributed by atoms with Crippen LogP contribution in [-0.4, -0.2) is 48.6 Å². The number of rotatable bonds is 11. The van der Waals surface area contributed by atoms with Gasteiger partial charge in [-0.25, -0.2) is 4.98 Å². The number of thiazole rings is 1. The van der Waals surface area contributed by atoms with Crippen molar-refractivity contribution in [1.29, 1.82) is 0 Å². The van der Waals surface area contributed by atoms with Gasteiger partial charge in [-0.15, -0.1) is 11.3 Å². The first-order valence-electron chi connectivity index (χ1n) is 11.5. The molecule has 0 radical (unpaired) electrons. The number of hydrogen-bond donors (Lipinski definition) is 2. The average molecular weight is 490 g/mol. The summed E-state index contributed by atoms with van der Waals surface area (Å²) in [6.45, 7) is 2.25. The number of methoxy groups -OCH3 is 1. The lowest BCUT2D eigenvalue weighted by molar-refractivity contribution is -0.144. The highest BCUT2D eigenvalue weighted by Crippen LogP contribution is 2.27. The predicted molar refractivity (Wildman–Crippen MR) is 127 cm³/mol. The molecule has 1 aromatic carbocycles. The van der Waals surface area contributed by atoms with Crippen LogP contribution in [0.3, 0.4) is 0 Å². The third-order valence-electron chi connectivity index (χ3n) is 5.49. The SMILES string of the molecule is CCOC(=O)CCC(=O)NC1CCCCC1NC(=O)c1csc(COc2ccccc2OC)n1. The molecule has 10 heteroatoms. The van der Waals surface area contributed by atoms with Crippen molar-refractivity contribution in [2.75, 3.05) is 13.7 Å². The van der Waals surface area contributed by atoms with Gasteiger partial charge in [-0.2, -0.15) is 0 Å². The zero-order chi connectivity index (χ0) is 24.3. The number of carbonyl (C=O) groups is 3. The lowest BCUT2D eigenvalue weighted by atomic mass is 9.90. The van der Waals surface area contributed by atoms with Crippen molar-refractivity contribution in [3.63, 3.8) is 0 Å². The van der Waals surface area contributed by atoms with Gasteiger partial charge in [-0.1, -0.05) is 25.0 Å². The Kier molecular flexibility index (Phi) is 9.69. The first kappa shape index (κ1) is 25.5. The molecule has 2 N–H and O–H groups in total. The van der Waals surface area contributed by atoms with Crippen LogP contribution in [0.15, 0.2) is 29.6 Å². The quantitative estimate of drug-likeness (QED) is 0.466. The standard InChI is InChI=1S/C24H31N3O6S/c1-3-32-23(29)13-12-21(28)25-16-8-4-5-9-17(16)27-24(30)18-15-34-22(26-18)14-33-20-11-7-6-10-19(20)31-2/h6-7,10-11,15-17H,3-5,8-9,12-14H2,1-2H3,(H,25,28)(H,27,30). The van der Waals surface area contributed by atoms with E-state index in [4.69, 9.17) is 14.2 Å². The number of hydrogen-bond acceptors (Lipinski definition) is 8. The molecule has 2 unspecified atom stereocenters. The van der Waals surface area contributed by atoms with Gasteiger partial charge in [0.15, 0.2) is 11.5 Å². The number of nitrogens with zero attached hydrogens (tertiary/aromatic N) is 1. The first-order chi connectivity index (χ1) is 16.5. The summed E-state index contributed by atoms with van der Waals surface area (Å²) in [5.41, 5.74) is 0.321. The van der Waals surface area contributed by atoms with Crippen LogP contribution < -0.4 is 20.1 Å². The molecule has 2 atom stereocenters. The molecule has 3 rings (SSSR count). The Morgan fingerprint density at radius 2 is 1.76 bits per heavy atom. The molecule has 0 saturated heterocycles. The van der Waals surface area contributed by atoms with Crippen molar-refractivity contribution in [1.82, 2.24) is 15.6 Å². The van der Waals surface area contributed by atoms with Gasteiger partial charge in [0.2, 0.25) is 5.91 Å². The van der Waals surface area contributed by atoms with Gasteiger partial charge in [0, 0.05) is 23.9 Å². The number of esters is 1. The predicted octanol–water partition coefficient (Wildman–Crippen LogP) is 3.23. The summed E-state index contributed by atoms with van der Waals surface area (Å²) >= 11 is 1.35. The van der Waals surface area contributed by atoms with Crippen LogP contribution in [0.2, 0.25) is 0 Å². The number of aromatic nitrogens is 1. The van der Waals surface area contributed by atoms with Crippen molar-refractivity contribution in [2.24, 2.45) is 0 Å². The number of amides is 2. The number of ether oxygens (including phenoxy) is 3. The van der Waals surface area contributed by atoms with Crippen molar-refractivity contribution < 1.29 is 28.6 Å². The molecule has 0 aliphatic heterocycles. The van der Waals surface area contributed by atoms with Gasteiger partial charge in [0.25, 0.3) is 5.91 Å². The van der Waals surface area contributed by atoms with Gasteiger partial charge in [0.05, 0.1) is 20.1 Å². The van der Waals surface area contributed by atoms with Crippen molar-refractivity contribution in [2.45, 2.75) is 64.1 Å². The summed E-state index contributed by atoms with van der Waals surface area (Å²) in [7, 11) is 1.58. The van der Waals surface area contributed by atoms with Crippen LogP contribution in [0, 0.1) is 0 Å². The van der Waals surface area contributed by atoms with E-state index in [9.17, 15) is 14.4 Å². The van der Waals surface area contributed by atoms with Crippen LogP contribution >= 0.6 is 11.3 Å².